The first-order valence-electron chi connectivity index (χ1n) is 6.34. The SMILES string of the molecule is CNC(=O)C1CCN(Cc2cnc(Cl)cc2Cl)CC1. The van der Waals surface area contributed by atoms with Crippen LogP contribution < -0.4 is 5.32 Å². The summed E-state index contributed by atoms with van der Waals surface area (Å²) in [4.78, 5) is 17.9. The van der Waals surface area contributed by atoms with Gasteiger partial charge >= 0.3 is 0 Å². The van der Waals surface area contributed by atoms with Crippen molar-refractivity contribution in [3.05, 3.63) is 28.0 Å². The molecule has 0 atom stereocenters. The molecule has 19 heavy (non-hydrogen) atoms. The normalized spacial score (nSPS) is 17.4. The highest BCUT2D eigenvalue weighted by Gasteiger charge is 2.24. The number of carbonyl (C=O) groups is 1. The van der Waals surface area contributed by atoms with Gasteiger partial charge in [-0.25, -0.2) is 4.98 Å². The van der Waals surface area contributed by atoms with E-state index >= 15 is 0 Å². The Labute approximate surface area is 123 Å². The fraction of sp³-hybridized carbons (Fsp3) is 0.538. The Morgan fingerprint density at radius 2 is 2.16 bits per heavy atom. The van der Waals surface area contributed by atoms with Crippen molar-refractivity contribution in [1.82, 2.24) is 15.2 Å². The number of nitrogens with zero attached hydrogens (tertiary/aromatic N) is 2. The smallest absolute Gasteiger partial charge is 0.222 e. The van der Waals surface area contributed by atoms with Crippen molar-refractivity contribution in [3.63, 3.8) is 0 Å². The zero-order chi connectivity index (χ0) is 13.8. The summed E-state index contributed by atoms with van der Waals surface area (Å²) in [5.41, 5.74) is 0.976. The van der Waals surface area contributed by atoms with E-state index in [1.807, 2.05) is 0 Å². The zero-order valence-corrected chi connectivity index (χ0v) is 12.3. The van der Waals surface area contributed by atoms with Crippen molar-refractivity contribution in [2.45, 2.75) is 19.4 Å². The molecule has 1 N–H and O–H groups in total. The monoisotopic (exact) mass is 301 g/mol. The summed E-state index contributed by atoms with van der Waals surface area (Å²) in [5, 5.41) is 3.77. The molecule has 1 aliphatic heterocycles. The van der Waals surface area contributed by atoms with Gasteiger partial charge < -0.3 is 5.32 Å². The van der Waals surface area contributed by atoms with Crippen molar-refractivity contribution < 1.29 is 4.79 Å². The number of nitrogens with one attached hydrogen (secondary N) is 1. The van der Waals surface area contributed by atoms with Gasteiger partial charge in [-0.2, -0.15) is 0 Å². The Bertz CT molecular complexity index is 459. The molecule has 2 heterocycles. The zero-order valence-electron chi connectivity index (χ0n) is 10.8. The second-order valence-electron chi connectivity index (χ2n) is 4.76. The molecule has 6 heteroatoms. The first-order valence-corrected chi connectivity index (χ1v) is 7.09. The van der Waals surface area contributed by atoms with E-state index < -0.39 is 0 Å². The minimum absolute atomic E-state index is 0.139. The maximum Gasteiger partial charge on any atom is 0.222 e. The highest BCUT2D eigenvalue weighted by molar-refractivity contribution is 6.34. The van der Waals surface area contributed by atoms with Gasteiger partial charge in [0.25, 0.3) is 0 Å². The molecule has 1 aromatic rings. The molecule has 0 aliphatic carbocycles. The van der Waals surface area contributed by atoms with Crippen LogP contribution in [0.4, 0.5) is 0 Å². The van der Waals surface area contributed by atoms with Crippen LogP contribution in [0.15, 0.2) is 12.3 Å². The van der Waals surface area contributed by atoms with Crippen LogP contribution in [0.5, 0.6) is 0 Å². The molecular weight excluding hydrogens is 285 g/mol. The Balaban J connectivity index is 1.90. The third-order valence-electron chi connectivity index (χ3n) is 3.50. The molecule has 4 nitrogen and oxygen atoms in total. The Morgan fingerprint density at radius 3 is 2.74 bits per heavy atom. The number of hydrogen-bond acceptors (Lipinski definition) is 3. The minimum Gasteiger partial charge on any atom is -0.359 e. The first-order chi connectivity index (χ1) is 9.10. The number of amides is 1. The quantitative estimate of drug-likeness (QED) is 0.872. The van der Waals surface area contributed by atoms with Gasteiger partial charge in [-0.15, -0.1) is 0 Å². The summed E-state index contributed by atoms with van der Waals surface area (Å²) in [6, 6.07) is 1.66. The van der Waals surface area contributed by atoms with E-state index in [4.69, 9.17) is 23.2 Å². The largest absolute Gasteiger partial charge is 0.359 e. The molecule has 1 aliphatic rings. The molecular formula is C13H17Cl2N3O. The highest BCUT2D eigenvalue weighted by Crippen LogP contribution is 2.23. The van der Waals surface area contributed by atoms with Crippen molar-refractivity contribution in [3.8, 4) is 0 Å². The molecule has 1 saturated heterocycles. The number of likely N-dealkylation sites (tertiary alicyclic amines) is 1. The van der Waals surface area contributed by atoms with Gasteiger partial charge in [0.15, 0.2) is 0 Å². The van der Waals surface area contributed by atoms with E-state index in [2.05, 4.69) is 15.2 Å². The standard InChI is InChI=1S/C13H17Cl2N3O/c1-16-13(19)9-2-4-18(5-3-9)8-10-7-17-12(15)6-11(10)14/h6-7,9H,2-5,8H2,1H3,(H,16,19). The number of halogens is 2. The Kier molecular flexibility index (Phi) is 5.02. The van der Waals surface area contributed by atoms with Crippen LogP contribution in [-0.2, 0) is 11.3 Å². The highest BCUT2D eigenvalue weighted by atomic mass is 35.5. The van der Waals surface area contributed by atoms with Crippen LogP contribution in [0.2, 0.25) is 10.2 Å². The van der Waals surface area contributed by atoms with Gasteiger partial charge in [-0.1, -0.05) is 23.2 Å². The van der Waals surface area contributed by atoms with Crippen molar-refractivity contribution >= 4 is 29.1 Å². The number of aromatic nitrogens is 1. The molecule has 0 aromatic carbocycles. The minimum atomic E-state index is 0.139. The fourth-order valence-electron chi connectivity index (χ4n) is 2.35. The lowest BCUT2D eigenvalue weighted by molar-refractivity contribution is -0.125. The molecule has 1 amide bonds. The first kappa shape index (κ1) is 14.6. The molecule has 1 fully saturated rings. The van der Waals surface area contributed by atoms with Crippen molar-refractivity contribution in [1.29, 1.82) is 0 Å². The van der Waals surface area contributed by atoms with Crippen LogP contribution in [0.25, 0.3) is 0 Å². The van der Waals surface area contributed by atoms with E-state index in [1.165, 1.54) is 0 Å². The van der Waals surface area contributed by atoms with Crippen LogP contribution >= 0.6 is 23.2 Å². The van der Waals surface area contributed by atoms with Gasteiger partial charge in [-0.05, 0) is 32.0 Å². The number of carbonyl (C=O) groups excluding carboxylic acids is 1. The molecule has 0 saturated carbocycles. The van der Waals surface area contributed by atoms with Gasteiger partial charge in [-0.3, -0.25) is 9.69 Å². The lowest BCUT2D eigenvalue weighted by Crippen LogP contribution is -2.39. The summed E-state index contributed by atoms with van der Waals surface area (Å²) >= 11 is 11.9. The van der Waals surface area contributed by atoms with Gasteiger partial charge in [0.1, 0.15) is 5.15 Å². The van der Waals surface area contributed by atoms with Crippen molar-refractivity contribution in [2.75, 3.05) is 20.1 Å². The predicted octanol–water partition coefficient (Wildman–Crippen LogP) is 2.35. The average Bonchev–Trinajstić information content (AvgIpc) is 2.42. The van der Waals surface area contributed by atoms with Gasteiger partial charge in [0.2, 0.25) is 5.91 Å². The Morgan fingerprint density at radius 1 is 1.47 bits per heavy atom. The molecule has 0 spiro atoms. The average molecular weight is 302 g/mol. The second-order valence-corrected chi connectivity index (χ2v) is 5.56. The van der Waals surface area contributed by atoms with Gasteiger partial charge in [0.05, 0.1) is 0 Å². The summed E-state index contributed by atoms with van der Waals surface area (Å²) in [7, 11) is 1.69. The molecule has 0 unspecified atom stereocenters. The third kappa shape index (κ3) is 3.81. The van der Waals surface area contributed by atoms with Crippen LogP contribution in [0, 0.1) is 5.92 Å². The lowest BCUT2D eigenvalue weighted by atomic mass is 9.96. The molecule has 1 aromatic heterocycles. The fourth-order valence-corrected chi connectivity index (χ4v) is 2.78. The molecule has 2 rings (SSSR count). The van der Waals surface area contributed by atoms with E-state index in [9.17, 15) is 4.79 Å². The van der Waals surface area contributed by atoms with Crippen LogP contribution in [0.3, 0.4) is 0 Å². The molecule has 104 valence electrons. The van der Waals surface area contributed by atoms with E-state index in [0.717, 1.165) is 38.0 Å². The van der Waals surface area contributed by atoms with Crippen LogP contribution in [0.1, 0.15) is 18.4 Å². The predicted molar refractivity (Wildman–Crippen MR) is 76.3 cm³/mol. The number of rotatable bonds is 3. The maximum absolute atomic E-state index is 11.5. The summed E-state index contributed by atoms with van der Waals surface area (Å²) in [5.74, 6) is 0.283. The van der Waals surface area contributed by atoms with E-state index in [1.54, 1.807) is 19.3 Å². The van der Waals surface area contributed by atoms with Crippen LogP contribution in [-0.4, -0.2) is 35.9 Å². The maximum atomic E-state index is 11.5. The summed E-state index contributed by atoms with van der Waals surface area (Å²) < 4.78 is 0. The topological polar surface area (TPSA) is 45.2 Å². The van der Waals surface area contributed by atoms with E-state index in [0.29, 0.717) is 10.2 Å². The molecule has 0 bridgehead atoms. The van der Waals surface area contributed by atoms with E-state index in [-0.39, 0.29) is 11.8 Å². The van der Waals surface area contributed by atoms with Crippen molar-refractivity contribution in [2.24, 2.45) is 5.92 Å². The Hall–Kier alpha value is -0.840. The molecule has 0 radical (unpaired) electrons. The summed E-state index contributed by atoms with van der Waals surface area (Å²) in [6.45, 7) is 2.55. The number of pyridine rings is 1. The summed E-state index contributed by atoms with van der Waals surface area (Å²) in [6.07, 6.45) is 3.49. The third-order valence-corrected chi connectivity index (χ3v) is 4.05. The van der Waals surface area contributed by atoms with Gasteiger partial charge in [0, 0.05) is 36.3 Å². The lowest BCUT2D eigenvalue weighted by Gasteiger charge is -2.31. The number of hydrogen-bond donors (Lipinski definition) is 1. The number of piperidine rings is 1. The second kappa shape index (κ2) is 6.55.